The van der Waals surface area contributed by atoms with Crippen LogP contribution in [0.1, 0.15) is 18.1 Å². The normalized spacial score (nSPS) is 15.1. The van der Waals surface area contributed by atoms with Gasteiger partial charge >= 0.3 is 5.97 Å². The van der Waals surface area contributed by atoms with Gasteiger partial charge in [-0.2, -0.15) is 0 Å². The highest BCUT2D eigenvalue weighted by molar-refractivity contribution is 6.30. The smallest absolute Gasteiger partial charge is 0.310 e. The summed E-state index contributed by atoms with van der Waals surface area (Å²) in [7, 11) is 0. The second-order valence-corrected chi connectivity index (χ2v) is 7.33. The Labute approximate surface area is 172 Å². The van der Waals surface area contributed by atoms with Gasteiger partial charge in [0.15, 0.2) is 0 Å². The maximum absolute atomic E-state index is 11.6. The molecule has 0 unspecified atom stereocenters. The van der Waals surface area contributed by atoms with Gasteiger partial charge in [0.05, 0.1) is 13.0 Å². The molecule has 3 rings (SSSR count). The zero-order chi connectivity index (χ0) is 19.8. The van der Waals surface area contributed by atoms with Crippen LogP contribution in [-0.2, 0) is 16.0 Å². The fourth-order valence-corrected chi connectivity index (χ4v) is 3.43. The van der Waals surface area contributed by atoms with Crippen molar-refractivity contribution in [1.29, 1.82) is 0 Å². The second-order valence-electron chi connectivity index (χ2n) is 6.89. The summed E-state index contributed by atoms with van der Waals surface area (Å²) in [5, 5.41) is 0.766. The molecule has 0 aliphatic carbocycles. The highest BCUT2D eigenvalue weighted by Crippen LogP contribution is 2.18. The lowest BCUT2D eigenvalue weighted by molar-refractivity contribution is -0.142. The van der Waals surface area contributed by atoms with Crippen LogP contribution >= 0.6 is 11.6 Å². The monoisotopic (exact) mass is 398 g/mol. The summed E-state index contributed by atoms with van der Waals surface area (Å²) >= 11 is 5.92. The Kier molecular flexibility index (Phi) is 7.52. The van der Waals surface area contributed by atoms with E-state index in [1.54, 1.807) is 0 Å². The Morgan fingerprint density at radius 1 is 1.04 bits per heavy atom. The van der Waals surface area contributed by atoms with Crippen LogP contribution in [0.15, 0.2) is 54.6 Å². The van der Waals surface area contributed by atoms with Crippen molar-refractivity contribution in [2.24, 2.45) is 0 Å². The van der Waals surface area contributed by atoms with Crippen molar-refractivity contribution in [1.82, 2.24) is 4.90 Å². The van der Waals surface area contributed by atoms with Crippen LogP contribution in [-0.4, -0.2) is 50.2 Å². The van der Waals surface area contributed by atoms with E-state index in [2.05, 4.69) is 34.1 Å². The van der Waals surface area contributed by atoms with Crippen LogP contribution in [0.2, 0.25) is 5.02 Å². The van der Waals surface area contributed by atoms with Crippen molar-refractivity contribution in [3.63, 3.8) is 0 Å². The molecule has 1 saturated heterocycles. The van der Waals surface area contributed by atoms with Gasteiger partial charge in [0, 0.05) is 43.4 Å². The van der Waals surface area contributed by atoms with E-state index < -0.39 is 0 Å². The molecule has 28 heavy (non-hydrogen) atoms. The van der Waals surface area contributed by atoms with Gasteiger partial charge in [0.1, 0.15) is 0 Å². The van der Waals surface area contributed by atoms with E-state index >= 15 is 0 Å². The predicted molar refractivity (Wildman–Crippen MR) is 116 cm³/mol. The number of benzene rings is 2. The molecule has 0 amide bonds. The molecule has 1 fully saturated rings. The van der Waals surface area contributed by atoms with Crippen molar-refractivity contribution in [3.05, 3.63) is 70.8 Å². The van der Waals surface area contributed by atoms with Gasteiger partial charge in [-0.25, -0.2) is 0 Å². The minimum Gasteiger partial charge on any atom is -0.466 e. The molecule has 0 spiro atoms. The molecular formula is C23H27ClN2O2. The number of nitrogens with zero attached hydrogens (tertiary/aromatic N) is 2. The first-order chi connectivity index (χ1) is 13.6. The lowest BCUT2D eigenvalue weighted by Crippen LogP contribution is -2.46. The minimum absolute atomic E-state index is 0.171. The van der Waals surface area contributed by atoms with Crippen LogP contribution in [0.4, 0.5) is 5.69 Å². The molecule has 4 nitrogen and oxygen atoms in total. The average molecular weight is 399 g/mol. The Morgan fingerprint density at radius 3 is 2.36 bits per heavy atom. The largest absolute Gasteiger partial charge is 0.466 e. The number of carbonyl (C=O) groups is 1. The molecule has 1 heterocycles. The first-order valence-electron chi connectivity index (χ1n) is 9.78. The first kappa shape index (κ1) is 20.4. The molecule has 148 valence electrons. The van der Waals surface area contributed by atoms with Crippen LogP contribution in [0.25, 0.3) is 6.08 Å². The van der Waals surface area contributed by atoms with Crippen molar-refractivity contribution in [3.8, 4) is 0 Å². The second kappa shape index (κ2) is 10.3. The summed E-state index contributed by atoms with van der Waals surface area (Å²) in [6, 6.07) is 16.1. The van der Waals surface area contributed by atoms with Crippen molar-refractivity contribution in [2.45, 2.75) is 13.3 Å². The molecule has 5 heteroatoms. The summed E-state index contributed by atoms with van der Waals surface area (Å²) in [5.41, 5.74) is 3.38. The average Bonchev–Trinajstić information content (AvgIpc) is 2.71. The van der Waals surface area contributed by atoms with E-state index in [0.29, 0.717) is 13.0 Å². The quantitative estimate of drug-likeness (QED) is 0.651. The molecule has 0 N–H and O–H groups in total. The standard InChI is InChI=1S/C23H27ClN2O2/c1-2-28-23(27)18-20-7-11-22(12-8-20)26-16-14-25(15-17-26)13-3-4-19-5-9-21(24)10-6-19/h3-12H,2,13-18H2,1H3. The van der Waals surface area contributed by atoms with Crippen molar-refractivity contribution >= 4 is 29.3 Å². The zero-order valence-corrected chi connectivity index (χ0v) is 17.1. The molecule has 2 aromatic rings. The highest BCUT2D eigenvalue weighted by Gasteiger charge is 2.16. The molecule has 0 bridgehead atoms. The Bertz CT molecular complexity index is 779. The van der Waals surface area contributed by atoms with E-state index in [1.165, 1.54) is 11.3 Å². The van der Waals surface area contributed by atoms with Crippen LogP contribution in [0, 0.1) is 0 Å². The first-order valence-corrected chi connectivity index (χ1v) is 10.2. The van der Waals surface area contributed by atoms with Gasteiger partial charge in [-0.05, 0) is 42.3 Å². The van der Waals surface area contributed by atoms with E-state index in [0.717, 1.165) is 43.3 Å². The molecule has 1 aliphatic rings. The number of anilines is 1. The molecular weight excluding hydrogens is 372 g/mol. The fourth-order valence-electron chi connectivity index (χ4n) is 3.30. The molecule has 2 aromatic carbocycles. The maximum Gasteiger partial charge on any atom is 0.310 e. The number of carbonyl (C=O) groups excluding carboxylic acids is 1. The van der Waals surface area contributed by atoms with Crippen molar-refractivity contribution < 1.29 is 9.53 Å². The van der Waals surface area contributed by atoms with Gasteiger partial charge < -0.3 is 9.64 Å². The molecule has 1 aliphatic heterocycles. The minimum atomic E-state index is -0.171. The summed E-state index contributed by atoms with van der Waals surface area (Å²) in [6.45, 7) is 7.29. The molecule has 0 radical (unpaired) electrons. The number of hydrogen-bond acceptors (Lipinski definition) is 4. The third kappa shape index (κ3) is 6.11. The Hall–Kier alpha value is -2.30. The van der Waals surface area contributed by atoms with E-state index in [1.807, 2.05) is 43.3 Å². The van der Waals surface area contributed by atoms with E-state index in [4.69, 9.17) is 16.3 Å². The SMILES string of the molecule is CCOC(=O)Cc1ccc(N2CCN(CC=Cc3ccc(Cl)cc3)CC2)cc1. The van der Waals surface area contributed by atoms with Crippen LogP contribution in [0.5, 0.6) is 0 Å². The number of hydrogen-bond donors (Lipinski definition) is 0. The molecule has 0 saturated carbocycles. The Balaban J connectivity index is 1.44. The maximum atomic E-state index is 11.6. The number of rotatable bonds is 7. The summed E-state index contributed by atoms with van der Waals surface area (Å²) in [5.74, 6) is -0.171. The summed E-state index contributed by atoms with van der Waals surface area (Å²) in [4.78, 5) is 16.4. The van der Waals surface area contributed by atoms with Crippen LogP contribution in [0.3, 0.4) is 0 Å². The Morgan fingerprint density at radius 2 is 1.71 bits per heavy atom. The van der Waals surface area contributed by atoms with Crippen LogP contribution < -0.4 is 4.90 Å². The number of halogens is 1. The van der Waals surface area contributed by atoms with Gasteiger partial charge in [0.2, 0.25) is 0 Å². The van der Waals surface area contributed by atoms with Gasteiger partial charge in [-0.3, -0.25) is 9.69 Å². The lowest BCUT2D eigenvalue weighted by atomic mass is 10.1. The van der Waals surface area contributed by atoms with Gasteiger partial charge in [0.25, 0.3) is 0 Å². The zero-order valence-electron chi connectivity index (χ0n) is 16.3. The molecule has 0 aromatic heterocycles. The highest BCUT2D eigenvalue weighted by atomic mass is 35.5. The number of ether oxygens (including phenoxy) is 1. The molecule has 0 atom stereocenters. The van der Waals surface area contributed by atoms with E-state index in [9.17, 15) is 4.79 Å². The van der Waals surface area contributed by atoms with E-state index in [-0.39, 0.29) is 5.97 Å². The van der Waals surface area contributed by atoms with Gasteiger partial charge in [-0.1, -0.05) is 48.0 Å². The lowest BCUT2D eigenvalue weighted by Gasteiger charge is -2.35. The summed E-state index contributed by atoms with van der Waals surface area (Å²) < 4.78 is 5.00. The third-order valence-electron chi connectivity index (χ3n) is 4.87. The topological polar surface area (TPSA) is 32.8 Å². The predicted octanol–water partition coefficient (Wildman–Crippen LogP) is 4.28. The number of piperazine rings is 1. The third-order valence-corrected chi connectivity index (χ3v) is 5.12. The fraction of sp³-hybridized carbons (Fsp3) is 0.348. The van der Waals surface area contributed by atoms with Crippen molar-refractivity contribution in [2.75, 3.05) is 44.2 Å². The summed E-state index contributed by atoms with van der Waals surface area (Å²) in [6.07, 6.45) is 4.69. The van der Waals surface area contributed by atoms with Gasteiger partial charge in [-0.15, -0.1) is 0 Å². The number of esters is 1.